The van der Waals surface area contributed by atoms with Crippen molar-refractivity contribution < 1.29 is 49.3 Å². The molecule has 4 aromatic carbocycles. The molecule has 7 rings (SSSR count). The zero-order valence-electron chi connectivity index (χ0n) is 21.6. The molecule has 0 aromatic heterocycles. The van der Waals surface area contributed by atoms with Crippen LogP contribution in [-0.4, -0.2) is 38.4 Å². The quantitative estimate of drug-likeness (QED) is 0.247. The van der Waals surface area contributed by atoms with Crippen LogP contribution >= 0.6 is 0 Å². The van der Waals surface area contributed by atoms with E-state index in [1.165, 1.54) is 30.3 Å². The molecular formula is C31H24O10. The standard InChI is InChI=1S/C31H24O10/c1-38-19-8-2-15(3-9-19)23-11-10-20-21(34)14-25-27(28(20)39-23)30(37)29(36)26-22(35)12-18(33)13-24(26)40-31(30,41-25)16-4-6-17(32)7-5-16/h2-9,12-14,23,32-35,37H,10-11H2,1H3/t23-,30-,31-/m0/s1. The zero-order chi connectivity index (χ0) is 28.7. The fourth-order valence-corrected chi connectivity index (χ4v) is 5.98. The number of hydrogen-bond acceptors (Lipinski definition) is 10. The first-order chi connectivity index (χ1) is 19.7. The molecule has 5 N–H and O–H groups in total. The summed E-state index contributed by atoms with van der Waals surface area (Å²) in [7, 11) is 1.57. The van der Waals surface area contributed by atoms with E-state index < -0.39 is 29.0 Å². The van der Waals surface area contributed by atoms with Crippen LogP contribution < -0.4 is 18.9 Å². The molecule has 208 valence electrons. The number of Topliss-reactive ketones (excluding diaryl/α,β-unsaturated/α-hetero) is 1. The average molecular weight is 557 g/mol. The lowest BCUT2D eigenvalue weighted by molar-refractivity contribution is -0.218. The average Bonchev–Trinajstić information content (AvgIpc) is 3.22. The van der Waals surface area contributed by atoms with Gasteiger partial charge in [-0.2, -0.15) is 0 Å². The molecule has 0 aliphatic carbocycles. The molecular weight excluding hydrogens is 532 g/mol. The van der Waals surface area contributed by atoms with E-state index in [0.29, 0.717) is 24.2 Å². The first kappa shape index (κ1) is 24.9. The Morgan fingerprint density at radius 1 is 0.854 bits per heavy atom. The Labute approximate surface area is 233 Å². The van der Waals surface area contributed by atoms with E-state index in [9.17, 15) is 30.3 Å². The number of fused-ring (bicyclic) bond motifs is 6. The highest BCUT2D eigenvalue weighted by atomic mass is 16.7. The summed E-state index contributed by atoms with van der Waals surface area (Å²) in [5, 5.41) is 54.3. The van der Waals surface area contributed by atoms with E-state index in [2.05, 4.69) is 0 Å². The second kappa shape index (κ2) is 8.45. The van der Waals surface area contributed by atoms with Crippen molar-refractivity contribution in [1.82, 2.24) is 0 Å². The molecule has 10 nitrogen and oxygen atoms in total. The van der Waals surface area contributed by atoms with Crippen LogP contribution in [0.4, 0.5) is 0 Å². The zero-order valence-corrected chi connectivity index (χ0v) is 21.6. The van der Waals surface area contributed by atoms with Crippen molar-refractivity contribution >= 4 is 5.78 Å². The highest BCUT2D eigenvalue weighted by molar-refractivity contribution is 6.10. The fourth-order valence-electron chi connectivity index (χ4n) is 5.98. The Balaban J connectivity index is 1.46. The molecule has 0 spiro atoms. The highest BCUT2D eigenvalue weighted by Crippen LogP contribution is 2.64. The molecule has 10 heteroatoms. The lowest BCUT2D eigenvalue weighted by atomic mass is 9.74. The topological polar surface area (TPSA) is 155 Å². The van der Waals surface area contributed by atoms with Crippen molar-refractivity contribution in [3.63, 3.8) is 0 Å². The van der Waals surface area contributed by atoms with Crippen LogP contribution in [0.25, 0.3) is 0 Å². The Morgan fingerprint density at radius 3 is 2.27 bits per heavy atom. The van der Waals surface area contributed by atoms with Crippen molar-refractivity contribution in [3.05, 3.63) is 94.5 Å². The summed E-state index contributed by atoms with van der Waals surface area (Å²) in [6.07, 6.45) is 0.364. The molecule has 0 amide bonds. The first-order valence-corrected chi connectivity index (χ1v) is 12.9. The molecule has 0 radical (unpaired) electrons. The Bertz CT molecular complexity index is 1730. The minimum atomic E-state index is -2.62. The minimum Gasteiger partial charge on any atom is -0.508 e. The molecule has 0 saturated heterocycles. The maximum atomic E-state index is 14.3. The number of aromatic hydroxyl groups is 4. The molecule has 4 aromatic rings. The van der Waals surface area contributed by atoms with Crippen LogP contribution in [0.1, 0.15) is 45.1 Å². The second-order valence-corrected chi connectivity index (χ2v) is 10.2. The summed E-state index contributed by atoms with van der Waals surface area (Å²) in [6.45, 7) is 0. The summed E-state index contributed by atoms with van der Waals surface area (Å²) >= 11 is 0. The predicted octanol–water partition coefficient (Wildman–Crippen LogP) is 4.29. The van der Waals surface area contributed by atoms with Crippen molar-refractivity contribution in [2.24, 2.45) is 0 Å². The van der Waals surface area contributed by atoms with E-state index in [1.54, 1.807) is 19.2 Å². The summed E-state index contributed by atoms with van der Waals surface area (Å²) in [6, 6.07) is 16.2. The van der Waals surface area contributed by atoms with Gasteiger partial charge in [-0.1, -0.05) is 12.1 Å². The molecule has 3 heterocycles. The highest BCUT2D eigenvalue weighted by Gasteiger charge is 2.72. The van der Waals surface area contributed by atoms with Gasteiger partial charge < -0.3 is 44.5 Å². The normalized spacial score (nSPS) is 23.7. The molecule has 0 fully saturated rings. The van der Waals surface area contributed by atoms with Gasteiger partial charge in [0.2, 0.25) is 11.4 Å². The Morgan fingerprint density at radius 2 is 1.56 bits per heavy atom. The smallest absolute Gasteiger partial charge is 0.319 e. The largest absolute Gasteiger partial charge is 0.508 e. The summed E-state index contributed by atoms with van der Waals surface area (Å²) in [4.78, 5) is 14.3. The lowest BCUT2D eigenvalue weighted by Crippen LogP contribution is -2.60. The Kier molecular flexibility index (Phi) is 5.14. The van der Waals surface area contributed by atoms with Crippen LogP contribution in [0.3, 0.4) is 0 Å². The maximum absolute atomic E-state index is 14.3. The number of ketones is 1. The molecule has 0 unspecified atom stereocenters. The third-order valence-corrected chi connectivity index (χ3v) is 7.94. The molecule has 0 saturated carbocycles. The number of phenols is 4. The van der Waals surface area contributed by atoms with E-state index in [-0.39, 0.29) is 51.2 Å². The molecule has 3 atom stereocenters. The second-order valence-electron chi connectivity index (χ2n) is 10.2. The van der Waals surface area contributed by atoms with Crippen LogP contribution in [0, 0.1) is 0 Å². The van der Waals surface area contributed by atoms with Crippen molar-refractivity contribution in [2.45, 2.75) is 30.3 Å². The monoisotopic (exact) mass is 556 g/mol. The van der Waals surface area contributed by atoms with E-state index >= 15 is 0 Å². The summed E-state index contributed by atoms with van der Waals surface area (Å²) in [5.41, 5.74) is -1.72. The maximum Gasteiger partial charge on any atom is 0.319 e. The van der Waals surface area contributed by atoms with Gasteiger partial charge in [-0.05, 0) is 54.8 Å². The molecule has 41 heavy (non-hydrogen) atoms. The third-order valence-electron chi connectivity index (χ3n) is 7.94. The van der Waals surface area contributed by atoms with Gasteiger partial charge in [-0.25, -0.2) is 0 Å². The van der Waals surface area contributed by atoms with Gasteiger partial charge in [0, 0.05) is 29.3 Å². The number of aliphatic hydroxyl groups is 1. The van der Waals surface area contributed by atoms with Crippen molar-refractivity contribution in [1.29, 1.82) is 0 Å². The lowest BCUT2D eigenvalue weighted by Gasteiger charge is -2.43. The summed E-state index contributed by atoms with van der Waals surface area (Å²) < 4.78 is 24.1. The third kappa shape index (κ3) is 3.31. The van der Waals surface area contributed by atoms with Crippen LogP contribution in [0.15, 0.2) is 66.7 Å². The van der Waals surface area contributed by atoms with Gasteiger partial charge in [-0.15, -0.1) is 0 Å². The van der Waals surface area contributed by atoms with E-state index in [1.807, 2.05) is 12.1 Å². The van der Waals surface area contributed by atoms with Gasteiger partial charge in [0.25, 0.3) is 0 Å². The molecule has 3 aliphatic heterocycles. The SMILES string of the molecule is COc1ccc([C@@H]2CCc3c(O)cc4c(c3O2)[C@]2(O)C(=O)c3c(O)cc(O)cc3O[C@@]2(c2ccc(O)cc2)O4)cc1. The molecule has 3 aliphatic rings. The van der Waals surface area contributed by atoms with Crippen LogP contribution in [-0.2, 0) is 17.8 Å². The van der Waals surface area contributed by atoms with Gasteiger partial charge in [0.05, 0.1) is 12.7 Å². The number of hydrogen-bond donors (Lipinski definition) is 5. The van der Waals surface area contributed by atoms with Gasteiger partial charge in [0.1, 0.15) is 57.7 Å². The number of carbonyl (C=O) groups is 1. The number of ether oxygens (including phenoxy) is 4. The number of benzene rings is 4. The van der Waals surface area contributed by atoms with Gasteiger partial charge in [-0.3, -0.25) is 4.79 Å². The van der Waals surface area contributed by atoms with Crippen LogP contribution in [0.5, 0.6) is 46.0 Å². The molecule has 0 bridgehead atoms. The Hall–Kier alpha value is -5.09. The fraction of sp³-hybridized carbons (Fsp3) is 0.194. The van der Waals surface area contributed by atoms with E-state index in [0.717, 1.165) is 17.7 Å². The summed E-state index contributed by atoms with van der Waals surface area (Å²) in [5.74, 6) is -4.02. The minimum absolute atomic E-state index is 0.0638. The van der Waals surface area contributed by atoms with Crippen LogP contribution in [0.2, 0.25) is 0 Å². The first-order valence-electron chi connectivity index (χ1n) is 12.9. The van der Waals surface area contributed by atoms with E-state index in [4.69, 9.17) is 18.9 Å². The van der Waals surface area contributed by atoms with Crippen molar-refractivity contribution in [3.8, 4) is 46.0 Å². The van der Waals surface area contributed by atoms with Gasteiger partial charge >= 0.3 is 5.79 Å². The van der Waals surface area contributed by atoms with Gasteiger partial charge in [0.15, 0.2) is 0 Å². The predicted molar refractivity (Wildman–Crippen MR) is 142 cm³/mol. The number of rotatable bonds is 3. The van der Waals surface area contributed by atoms with Crippen molar-refractivity contribution in [2.75, 3.05) is 7.11 Å². The number of methoxy groups -OCH3 is 1. The number of phenolic OH excluding ortho intramolecular Hbond substituents is 4. The number of carbonyl (C=O) groups excluding carboxylic acids is 1.